The molecule has 27 heavy (non-hydrogen) atoms. The van der Waals surface area contributed by atoms with E-state index in [0.717, 1.165) is 33.8 Å². The van der Waals surface area contributed by atoms with Gasteiger partial charge in [-0.05, 0) is 50.6 Å². The van der Waals surface area contributed by atoms with E-state index in [9.17, 15) is 4.79 Å². The number of hydrogen-bond donors (Lipinski definition) is 2. The van der Waals surface area contributed by atoms with Crippen molar-refractivity contribution in [3.05, 3.63) is 71.4 Å². The minimum Gasteiger partial charge on any atom is -0.494 e. The van der Waals surface area contributed by atoms with Crippen LogP contribution in [0, 0.1) is 6.92 Å². The molecule has 1 aromatic heterocycles. The van der Waals surface area contributed by atoms with Crippen molar-refractivity contribution in [2.45, 2.75) is 20.8 Å². The Morgan fingerprint density at radius 2 is 1.85 bits per heavy atom. The number of aromatic nitrogens is 2. The molecule has 0 atom stereocenters. The van der Waals surface area contributed by atoms with Crippen LogP contribution in [0.1, 0.15) is 35.5 Å². The zero-order valence-corrected chi connectivity index (χ0v) is 15.6. The number of rotatable bonds is 6. The molecule has 1 heterocycles. The molecule has 0 radical (unpaired) electrons. The van der Waals surface area contributed by atoms with E-state index in [1.807, 2.05) is 75.4 Å². The molecule has 2 aromatic carbocycles. The molecule has 0 saturated carbocycles. The lowest BCUT2D eigenvalue weighted by atomic mass is 10.1. The maximum absolute atomic E-state index is 12.5. The largest absolute Gasteiger partial charge is 0.494 e. The minimum atomic E-state index is -0.326. The number of benzene rings is 2. The Labute approximate surface area is 158 Å². The Morgan fingerprint density at radius 1 is 1.15 bits per heavy atom. The first-order valence-corrected chi connectivity index (χ1v) is 8.78. The number of H-pyrrole nitrogens is 1. The van der Waals surface area contributed by atoms with Gasteiger partial charge in [-0.15, -0.1) is 0 Å². The summed E-state index contributed by atoms with van der Waals surface area (Å²) in [5.41, 5.74) is 7.07. The summed E-state index contributed by atoms with van der Waals surface area (Å²) in [7, 11) is 0. The number of hydrazone groups is 1. The van der Waals surface area contributed by atoms with E-state index in [0.29, 0.717) is 12.3 Å². The zero-order chi connectivity index (χ0) is 19.2. The maximum Gasteiger partial charge on any atom is 0.289 e. The van der Waals surface area contributed by atoms with Crippen molar-refractivity contribution in [3.63, 3.8) is 0 Å². The fourth-order valence-electron chi connectivity index (χ4n) is 2.71. The number of amides is 1. The first-order chi connectivity index (χ1) is 13.1. The van der Waals surface area contributed by atoms with Gasteiger partial charge < -0.3 is 4.74 Å². The molecule has 0 spiro atoms. The van der Waals surface area contributed by atoms with Gasteiger partial charge in [-0.2, -0.15) is 10.2 Å². The second-order valence-corrected chi connectivity index (χ2v) is 6.03. The fourth-order valence-corrected chi connectivity index (χ4v) is 2.71. The number of carbonyl (C=O) groups is 1. The van der Waals surface area contributed by atoms with Crippen LogP contribution in [0.15, 0.2) is 59.7 Å². The third-order valence-corrected chi connectivity index (χ3v) is 4.19. The second kappa shape index (κ2) is 8.31. The number of carbonyl (C=O) groups excluding carboxylic acids is 1. The van der Waals surface area contributed by atoms with Crippen molar-refractivity contribution >= 4 is 11.6 Å². The molecular weight excluding hydrogens is 340 g/mol. The monoisotopic (exact) mass is 362 g/mol. The SMILES string of the molecule is CCOc1ccc(-c2n[nH]c(C(=O)N/N=C(\C)c3ccccc3)c2C)cc1. The molecule has 2 N–H and O–H groups in total. The Balaban J connectivity index is 1.75. The van der Waals surface area contributed by atoms with Crippen molar-refractivity contribution < 1.29 is 9.53 Å². The summed E-state index contributed by atoms with van der Waals surface area (Å²) >= 11 is 0. The van der Waals surface area contributed by atoms with E-state index in [4.69, 9.17) is 4.74 Å². The molecule has 0 fully saturated rings. The topological polar surface area (TPSA) is 79.4 Å². The molecule has 0 aliphatic carbocycles. The smallest absolute Gasteiger partial charge is 0.289 e. The number of aromatic amines is 1. The minimum absolute atomic E-state index is 0.326. The average molecular weight is 362 g/mol. The highest BCUT2D eigenvalue weighted by Gasteiger charge is 2.17. The van der Waals surface area contributed by atoms with Gasteiger partial charge in [0.1, 0.15) is 11.4 Å². The van der Waals surface area contributed by atoms with Crippen LogP contribution in [0.4, 0.5) is 0 Å². The van der Waals surface area contributed by atoms with Crippen molar-refractivity contribution in [2.75, 3.05) is 6.61 Å². The second-order valence-electron chi connectivity index (χ2n) is 6.03. The van der Waals surface area contributed by atoms with Gasteiger partial charge in [0.05, 0.1) is 18.0 Å². The maximum atomic E-state index is 12.5. The summed E-state index contributed by atoms with van der Waals surface area (Å²) in [6.07, 6.45) is 0. The third kappa shape index (κ3) is 4.23. The average Bonchev–Trinajstić information content (AvgIpc) is 3.09. The van der Waals surface area contributed by atoms with Gasteiger partial charge in [-0.3, -0.25) is 9.89 Å². The number of hydrogen-bond acceptors (Lipinski definition) is 4. The van der Waals surface area contributed by atoms with Crippen LogP contribution in [0.3, 0.4) is 0 Å². The van der Waals surface area contributed by atoms with Crippen LogP contribution in [0.25, 0.3) is 11.3 Å². The molecule has 0 aliphatic rings. The number of nitrogens with one attached hydrogen (secondary N) is 2. The molecule has 0 unspecified atom stereocenters. The first kappa shape index (κ1) is 18.4. The Morgan fingerprint density at radius 3 is 2.52 bits per heavy atom. The van der Waals surface area contributed by atoms with Gasteiger partial charge in [0.15, 0.2) is 0 Å². The van der Waals surface area contributed by atoms with Gasteiger partial charge in [0.25, 0.3) is 5.91 Å². The van der Waals surface area contributed by atoms with Crippen molar-refractivity contribution in [3.8, 4) is 17.0 Å². The standard InChI is InChI=1S/C21H22N4O2/c1-4-27-18-12-10-17(11-13-18)19-14(2)20(24-23-19)21(26)25-22-15(3)16-8-6-5-7-9-16/h5-13H,4H2,1-3H3,(H,23,24)(H,25,26)/b22-15+. The zero-order valence-electron chi connectivity index (χ0n) is 15.6. The molecule has 3 aromatic rings. The van der Waals surface area contributed by atoms with Crippen molar-refractivity contribution in [1.82, 2.24) is 15.6 Å². The van der Waals surface area contributed by atoms with Crippen molar-refractivity contribution in [1.29, 1.82) is 0 Å². The highest BCUT2D eigenvalue weighted by atomic mass is 16.5. The van der Waals surface area contributed by atoms with Gasteiger partial charge in [-0.25, -0.2) is 5.43 Å². The lowest BCUT2D eigenvalue weighted by Gasteiger charge is -2.04. The first-order valence-electron chi connectivity index (χ1n) is 8.78. The Bertz CT molecular complexity index is 944. The van der Waals surface area contributed by atoms with Crippen LogP contribution in [0.2, 0.25) is 0 Å². The predicted molar refractivity (Wildman–Crippen MR) is 106 cm³/mol. The Hall–Kier alpha value is -3.41. The molecule has 3 rings (SSSR count). The molecule has 6 heteroatoms. The Kier molecular flexibility index (Phi) is 5.66. The highest BCUT2D eigenvalue weighted by Crippen LogP contribution is 2.25. The van der Waals surface area contributed by atoms with E-state index in [-0.39, 0.29) is 5.91 Å². The molecule has 0 saturated heterocycles. The fraction of sp³-hybridized carbons (Fsp3) is 0.190. The summed E-state index contributed by atoms with van der Waals surface area (Å²) < 4.78 is 5.45. The van der Waals surface area contributed by atoms with Crippen LogP contribution in [-0.4, -0.2) is 28.4 Å². The van der Waals surface area contributed by atoms with E-state index in [1.165, 1.54) is 0 Å². The normalized spacial score (nSPS) is 11.3. The molecular formula is C21H22N4O2. The summed E-state index contributed by atoms with van der Waals surface area (Å²) in [6, 6.07) is 17.3. The molecule has 6 nitrogen and oxygen atoms in total. The van der Waals surface area contributed by atoms with Crippen LogP contribution in [0.5, 0.6) is 5.75 Å². The molecule has 0 bridgehead atoms. The van der Waals surface area contributed by atoms with E-state index in [2.05, 4.69) is 20.7 Å². The number of nitrogens with zero attached hydrogens (tertiary/aromatic N) is 2. The van der Waals surface area contributed by atoms with Gasteiger partial charge in [-0.1, -0.05) is 30.3 Å². The summed E-state index contributed by atoms with van der Waals surface area (Å²) in [4.78, 5) is 12.5. The van der Waals surface area contributed by atoms with E-state index < -0.39 is 0 Å². The van der Waals surface area contributed by atoms with Crippen LogP contribution >= 0.6 is 0 Å². The third-order valence-electron chi connectivity index (χ3n) is 4.19. The lowest BCUT2D eigenvalue weighted by molar-refractivity contribution is 0.0949. The predicted octanol–water partition coefficient (Wildman–Crippen LogP) is 3.94. The summed E-state index contributed by atoms with van der Waals surface area (Å²) in [6.45, 7) is 6.27. The lowest BCUT2D eigenvalue weighted by Crippen LogP contribution is -2.20. The van der Waals surface area contributed by atoms with Gasteiger partial charge in [0, 0.05) is 11.1 Å². The van der Waals surface area contributed by atoms with Gasteiger partial charge in [0.2, 0.25) is 0 Å². The van der Waals surface area contributed by atoms with E-state index in [1.54, 1.807) is 0 Å². The van der Waals surface area contributed by atoms with Crippen molar-refractivity contribution in [2.24, 2.45) is 5.10 Å². The molecule has 0 aliphatic heterocycles. The highest BCUT2D eigenvalue weighted by molar-refractivity contribution is 6.01. The summed E-state index contributed by atoms with van der Waals surface area (Å²) in [5, 5.41) is 11.3. The molecule has 1 amide bonds. The number of ether oxygens (including phenoxy) is 1. The van der Waals surface area contributed by atoms with Gasteiger partial charge >= 0.3 is 0 Å². The quantitative estimate of drug-likeness (QED) is 0.515. The van der Waals surface area contributed by atoms with Crippen LogP contribution in [-0.2, 0) is 0 Å². The van der Waals surface area contributed by atoms with Crippen LogP contribution < -0.4 is 10.2 Å². The summed E-state index contributed by atoms with van der Waals surface area (Å²) in [5.74, 6) is 0.477. The van der Waals surface area contributed by atoms with E-state index >= 15 is 0 Å². The molecule has 138 valence electrons.